The number of aromatic carboxylic acids is 1. The quantitative estimate of drug-likeness (QED) is 0.764. The van der Waals surface area contributed by atoms with Crippen molar-refractivity contribution in [3.63, 3.8) is 0 Å². The van der Waals surface area contributed by atoms with E-state index in [1.165, 1.54) is 5.56 Å². The summed E-state index contributed by atoms with van der Waals surface area (Å²) in [5, 5.41) is 10.2. The molecule has 0 aliphatic carbocycles. The molecule has 0 atom stereocenters. The molecule has 1 aromatic heterocycles. The van der Waals surface area contributed by atoms with Gasteiger partial charge < -0.3 is 9.67 Å². The lowest BCUT2D eigenvalue weighted by molar-refractivity contribution is 0.0699. The molecule has 3 rings (SSSR count). The van der Waals surface area contributed by atoms with E-state index in [1.54, 1.807) is 6.20 Å². The Hall–Kier alpha value is -2.55. The van der Waals surface area contributed by atoms with Crippen LogP contribution in [0.15, 0.2) is 48.7 Å². The number of fused-ring (bicyclic) bond motifs is 1. The highest BCUT2D eigenvalue weighted by Crippen LogP contribution is 2.28. The van der Waals surface area contributed by atoms with Crippen LogP contribution in [-0.2, 0) is 13.0 Å². The van der Waals surface area contributed by atoms with Crippen LogP contribution in [0.2, 0.25) is 0 Å². The van der Waals surface area contributed by atoms with E-state index in [2.05, 4.69) is 37.3 Å². The first-order chi connectivity index (χ1) is 10.6. The van der Waals surface area contributed by atoms with Crippen molar-refractivity contribution in [2.24, 2.45) is 0 Å². The summed E-state index contributed by atoms with van der Waals surface area (Å²) in [5.74, 6) is -0.879. The second-order valence-corrected chi connectivity index (χ2v) is 5.42. The standard InChI is InChI=1S/C19H19NO2/c1-3-13-5-7-14(8-6-13)15-9-10-18-16(11-15)17(19(21)22)12-20(18)4-2/h5-12H,3-4H2,1-2H3,(H,21,22). The molecule has 0 aliphatic heterocycles. The smallest absolute Gasteiger partial charge is 0.337 e. The molecule has 22 heavy (non-hydrogen) atoms. The summed E-state index contributed by atoms with van der Waals surface area (Å²) < 4.78 is 1.97. The fourth-order valence-electron chi connectivity index (χ4n) is 2.84. The van der Waals surface area contributed by atoms with Crippen LogP contribution >= 0.6 is 0 Å². The molecule has 0 fully saturated rings. The van der Waals surface area contributed by atoms with E-state index in [0.29, 0.717) is 5.56 Å². The fraction of sp³-hybridized carbons (Fsp3) is 0.211. The molecule has 0 saturated heterocycles. The Bertz CT molecular complexity index is 829. The summed E-state index contributed by atoms with van der Waals surface area (Å²) in [4.78, 5) is 11.5. The minimum absolute atomic E-state index is 0.365. The number of hydrogen-bond acceptors (Lipinski definition) is 1. The highest BCUT2D eigenvalue weighted by Gasteiger charge is 2.14. The summed E-state index contributed by atoms with van der Waals surface area (Å²) in [5.41, 5.74) is 4.79. The molecule has 0 saturated carbocycles. The Balaban J connectivity index is 2.15. The Kier molecular flexibility index (Phi) is 3.72. The van der Waals surface area contributed by atoms with E-state index in [-0.39, 0.29) is 0 Å². The molecular formula is C19H19NO2. The fourth-order valence-corrected chi connectivity index (χ4v) is 2.84. The Morgan fingerprint density at radius 3 is 2.32 bits per heavy atom. The number of nitrogens with zero attached hydrogens (tertiary/aromatic N) is 1. The number of aryl methyl sites for hydroxylation is 2. The zero-order chi connectivity index (χ0) is 15.7. The van der Waals surface area contributed by atoms with Gasteiger partial charge in [0.05, 0.1) is 5.56 Å². The number of carbonyl (C=O) groups is 1. The van der Waals surface area contributed by atoms with Crippen LogP contribution in [0.3, 0.4) is 0 Å². The van der Waals surface area contributed by atoms with Crippen LogP contribution < -0.4 is 0 Å². The van der Waals surface area contributed by atoms with Gasteiger partial charge in [-0.15, -0.1) is 0 Å². The number of hydrogen-bond donors (Lipinski definition) is 1. The number of aromatic nitrogens is 1. The first kappa shape index (κ1) is 14.4. The maximum absolute atomic E-state index is 11.5. The van der Waals surface area contributed by atoms with Gasteiger partial charge in [-0.1, -0.05) is 37.3 Å². The normalized spacial score (nSPS) is 11.0. The first-order valence-electron chi connectivity index (χ1n) is 7.59. The monoisotopic (exact) mass is 293 g/mol. The largest absolute Gasteiger partial charge is 0.478 e. The summed E-state index contributed by atoms with van der Waals surface area (Å²) in [6.45, 7) is 4.91. The predicted molar refractivity (Wildman–Crippen MR) is 89.4 cm³/mol. The van der Waals surface area contributed by atoms with Gasteiger partial charge in [0.1, 0.15) is 0 Å². The highest BCUT2D eigenvalue weighted by atomic mass is 16.4. The second kappa shape index (κ2) is 5.68. The number of carboxylic acids is 1. The molecule has 112 valence electrons. The topological polar surface area (TPSA) is 42.2 Å². The number of rotatable bonds is 4. The van der Waals surface area contributed by atoms with Gasteiger partial charge in [-0.3, -0.25) is 0 Å². The van der Waals surface area contributed by atoms with Crippen LogP contribution in [0.25, 0.3) is 22.0 Å². The Morgan fingerprint density at radius 1 is 1.05 bits per heavy atom. The van der Waals surface area contributed by atoms with E-state index >= 15 is 0 Å². The van der Waals surface area contributed by atoms with Gasteiger partial charge >= 0.3 is 5.97 Å². The molecule has 0 radical (unpaired) electrons. The van der Waals surface area contributed by atoms with Crippen molar-refractivity contribution < 1.29 is 9.90 Å². The molecule has 0 aliphatic rings. The molecule has 1 heterocycles. The van der Waals surface area contributed by atoms with Gasteiger partial charge in [0.15, 0.2) is 0 Å². The lowest BCUT2D eigenvalue weighted by atomic mass is 10.0. The van der Waals surface area contributed by atoms with Gasteiger partial charge in [0, 0.05) is 23.6 Å². The van der Waals surface area contributed by atoms with Crippen LogP contribution in [-0.4, -0.2) is 15.6 Å². The molecule has 0 bridgehead atoms. The van der Waals surface area contributed by atoms with Crippen LogP contribution in [0.1, 0.15) is 29.8 Å². The third-order valence-corrected chi connectivity index (χ3v) is 4.15. The third kappa shape index (κ3) is 2.39. The molecule has 1 N–H and O–H groups in total. The molecule has 0 spiro atoms. The average Bonchev–Trinajstić information content (AvgIpc) is 2.93. The van der Waals surface area contributed by atoms with Crippen LogP contribution in [0.4, 0.5) is 0 Å². The number of carboxylic acid groups (broad SMARTS) is 1. The van der Waals surface area contributed by atoms with Crippen molar-refractivity contribution in [3.8, 4) is 11.1 Å². The lowest BCUT2D eigenvalue weighted by Crippen LogP contribution is -1.94. The van der Waals surface area contributed by atoms with E-state index < -0.39 is 5.97 Å². The van der Waals surface area contributed by atoms with Crippen molar-refractivity contribution in [1.29, 1.82) is 0 Å². The summed E-state index contributed by atoms with van der Waals surface area (Å²) in [7, 11) is 0. The summed E-state index contributed by atoms with van der Waals surface area (Å²) in [6, 6.07) is 14.5. The summed E-state index contributed by atoms with van der Waals surface area (Å²) >= 11 is 0. The molecule has 3 heteroatoms. The van der Waals surface area contributed by atoms with Crippen molar-refractivity contribution in [1.82, 2.24) is 4.57 Å². The van der Waals surface area contributed by atoms with E-state index in [1.807, 2.05) is 23.6 Å². The van der Waals surface area contributed by atoms with Crippen LogP contribution in [0.5, 0.6) is 0 Å². The molecule has 3 nitrogen and oxygen atoms in total. The van der Waals surface area contributed by atoms with Gasteiger partial charge in [0.25, 0.3) is 0 Å². The Labute approximate surface area is 129 Å². The van der Waals surface area contributed by atoms with Gasteiger partial charge in [-0.25, -0.2) is 4.79 Å². The first-order valence-corrected chi connectivity index (χ1v) is 7.59. The molecular weight excluding hydrogens is 274 g/mol. The minimum Gasteiger partial charge on any atom is -0.478 e. The second-order valence-electron chi connectivity index (χ2n) is 5.42. The molecule has 3 aromatic rings. The van der Waals surface area contributed by atoms with E-state index in [0.717, 1.165) is 35.0 Å². The maximum Gasteiger partial charge on any atom is 0.337 e. The van der Waals surface area contributed by atoms with Crippen molar-refractivity contribution >= 4 is 16.9 Å². The van der Waals surface area contributed by atoms with E-state index in [9.17, 15) is 9.90 Å². The minimum atomic E-state index is -0.879. The zero-order valence-corrected chi connectivity index (χ0v) is 12.8. The highest BCUT2D eigenvalue weighted by molar-refractivity contribution is 6.04. The van der Waals surface area contributed by atoms with Gasteiger partial charge in [-0.05, 0) is 42.2 Å². The maximum atomic E-state index is 11.5. The summed E-state index contributed by atoms with van der Waals surface area (Å²) in [6.07, 6.45) is 2.73. The van der Waals surface area contributed by atoms with Crippen molar-refractivity contribution in [3.05, 3.63) is 59.8 Å². The number of benzene rings is 2. The predicted octanol–water partition coefficient (Wildman–Crippen LogP) is 4.59. The van der Waals surface area contributed by atoms with Gasteiger partial charge in [0.2, 0.25) is 0 Å². The molecule has 0 unspecified atom stereocenters. The third-order valence-electron chi connectivity index (χ3n) is 4.15. The average molecular weight is 293 g/mol. The van der Waals surface area contributed by atoms with Crippen molar-refractivity contribution in [2.75, 3.05) is 0 Å². The SMILES string of the molecule is CCc1ccc(-c2ccc3c(c2)c(C(=O)O)cn3CC)cc1. The Morgan fingerprint density at radius 2 is 1.73 bits per heavy atom. The van der Waals surface area contributed by atoms with Gasteiger partial charge in [-0.2, -0.15) is 0 Å². The molecule has 0 amide bonds. The van der Waals surface area contributed by atoms with E-state index in [4.69, 9.17) is 0 Å². The lowest BCUT2D eigenvalue weighted by Gasteiger charge is -2.05. The molecule has 2 aromatic carbocycles. The van der Waals surface area contributed by atoms with Crippen molar-refractivity contribution in [2.45, 2.75) is 26.8 Å². The van der Waals surface area contributed by atoms with Crippen LogP contribution in [0, 0.1) is 0 Å². The zero-order valence-electron chi connectivity index (χ0n) is 12.8.